The average Bonchev–Trinajstić information content (AvgIpc) is 2.68. The van der Waals surface area contributed by atoms with Gasteiger partial charge in [-0.25, -0.2) is 21.5 Å². The van der Waals surface area contributed by atoms with Crippen LogP contribution in [-0.4, -0.2) is 37.5 Å². The maximum Gasteiger partial charge on any atom is 0.252 e. The Hall–Kier alpha value is -0.230. The van der Waals surface area contributed by atoms with Crippen LogP contribution < -0.4 is 0 Å². The quantitative estimate of drug-likeness (QED) is 0.728. The molecule has 0 aromatic rings. The number of halogens is 2. The van der Waals surface area contributed by atoms with Crippen LogP contribution in [0.2, 0.25) is 0 Å². The van der Waals surface area contributed by atoms with Crippen LogP contribution in [-0.2, 0) is 10.0 Å². The molecule has 88 valence electrons. The molecule has 6 heteroatoms. The van der Waals surface area contributed by atoms with Crippen molar-refractivity contribution in [3.8, 4) is 0 Å². The lowest BCUT2D eigenvalue weighted by Gasteiger charge is -2.19. The number of hydrogen-bond donors (Lipinski definition) is 0. The van der Waals surface area contributed by atoms with Crippen molar-refractivity contribution in [2.45, 2.75) is 25.7 Å². The number of hydrogen-bond acceptors (Lipinski definition) is 2. The highest BCUT2D eigenvalue weighted by atomic mass is 32.2. The van der Waals surface area contributed by atoms with Crippen LogP contribution in [0.5, 0.6) is 0 Å². The molecular formula is C9H15F2NO2S. The summed E-state index contributed by atoms with van der Waals surface area (Å²) in [7, 11) is -3.29. The van der Waals surface area contributed by atoms with Gasteiger partial charge in [-0.15, -0.1) is 0 Å². The molecule has 1 saturated heterocycles. The summed E-state index contributed by atoms with van der Waals surface area (Å²) in [4.78, 5) is 0. The van der Waals surface area contributed by atoms with E-state index in [9.17, 15) is 17.2 Å². The molecular weight excluding hydrogens is 224 g/mol. The van der Waals surface area contributed by atoms with Crippen molar-refractivity contribution in [2.24, 2.45) is 11.8 Å². The van der Waals surface area contributed by atoms with E-state index in [2.05, 4.69) is 0 Å². The van der Waals surface area contributed by atoms with E-state index in [0.29, 0.717) is 6.42 Å². The van der Waals surface area contributed by atoms with Crippen molar-refractivity contribution in [3.63, 3.8) is 0 Å². The fourth-order valence-corrected chi connectivity index (χ4v) is 3.75. The molecule has 2 rings (SSSR count). The van der Waals surface area contributed by atoms with Crippen LogP contribution in [0.15, 0.2) is 0 Å². The third-order valence-electron chi connectivity index (χ3n) is 3.56. The van der Waals surface area contributed by atoms with Gasteiger partial charge in [0.1, 0.15) is 0 Å². The van der Waals surface area contributed by atoms with Crippen molar-refractivity contribution in [1.82, 2.24) is 4.31 Å². The fourth-order valence-electron chi connectivity index (χ4n) is 2.58. The summed E-state index contributed by atoms with van der Waals surface area (Å²) in [5.74, 6) is -3.55. The second-order valence-electron chi connectivity index (χ2n) is 4.38. The lowest BCUT2D eigenvalue weighted by molar-refractivity contribution is -0.0376. The Kier molecular flexibility index (Phi) is 2.54. The predicted octanol–water partition coefficient (Wildman–Crippen LogP) is 1.31. The van der Waals surface area contributed by atoms with Crippen molar-refractivity contribution in [2.75, 3.05) is 18.8 Å². The van der Waals surface area contributed by atoms with Crippen molar-refractivity contribution in [3.05, 3.63) is 0 Å². The Balaban J connectivity index is 2.15. The zero-order valence-electron chi connectivity index (χ0n) is 8.62. The minimum Gasteiger partial charge on any atom is -0.212 e. The summed E-state index contributed by atoms with van der Waals surface area (Å²) >= 11 is 0. The molecule has 1 heterocycles. The minimum atomic E-state index is -3.29. The average molecular weight is 239 g/mol. The summed E-state index contributed by atoms with van der Waals surface area (Å²) in [6.07, 6.45) is 0.371. The molecule has 0 N–H and O–H groups in total. The van der Waals surface area contributed by atoms with Gasteiger partial charge in [-0.3, -0.25) is 0 Å². The summed E-state index contributed by atoms with van der Waals surface area (Å²) in [6.45, 7) is 1.84. The molecule has 0 aromatic carbocycles. The lowest BCUT2D eigenvalue weighted by Crippen LogP contribution is -2.33. The van der Waals surface area contributed by atoms with Crippen molar-refractivity contribution in [1.29, 1.82) is 0 Å². The SMILES string of the molecule is CCS(=O)(=O)N1C[C@@H]2CCC(F)(F)[C@@H]2C1. The monoisotopic (exact) mass is 239 g/mol. The molecule has 1 saturated carbocycles. The van der Waals surface area contributed by atoms with E-state index in [4.69, 9.17) is 0 Å². The van der Waals surface area contributed by atoms with Gasteiger partial charge in [-0.1, -0.05) is 0 Å². The molecule has 15 heavy (non-hydrogen) atoms. The van der Waals surface area contributed by atoms with E-state index in [-0.39, 0.29) is 31.2 Å². The molecule has 1 aliphatic carbocycles. The number of alkyl halides is 2. The number of rotatable bonds is 2. The van der Waals surface area contributed by atoms with Gasteiger partial charge in [0.15, 0.2) is 0 Å². The highest BCUT2D eigenvalue weighted by molar-refractivity contribution is 7.89. The Labute approximate surface area is 88.5 Å². The highest BCUT2D eigenvalue weighted by Gasteiger charge is 2.55. The van der Waals surface area contributed by atoms with Crippen LogP contribution in [0.4, 0.5) is 8.78 Å². The van der Waals surface area contributed by atoms with Gasteiger partial charge < -0.3 is 0 Å². The van der Waals surface area contributed by atoms with E-state index in [1.54, 1.807) is 6.92 Å². The third-order valence-corrected chi connectivity index (χ3v) is 5.37. The predicted molar refractivity (Wildman–Crippen MR) is 52.2 cm³/mol. The van der Waals surface area contributed by atoms with Crippen LogP contribution >= 0.6 is 0 Å². The van der Waals surface area contributed by atoms with Gasteiger partial charge in [0.05, 0.1) is 5.75 Å². The first-order chi connectivity index (χ1) is 6.87. The van der Waals surface area contributed by atoms with Gasteiger partial charge in [0.2, 0.25) is 10.0 Å². The lowest BCUT2D eigenvalue weighted by atomic mass is 9.99. The summed E-state index contributed by atoms with van der Waals surface area (Å²) < 4.78 is 51.0. The Morgan fingerprint density at radius 1 is 1.40 bits per heavy atom. The highest BCUT2D eigenvalue weighted by Crippen LogP contribution is 2.48. The number of nitrogens with zero attached hydrogens (tertiary/aromatic N) is 1. The molecule has 0 spiro atoms. The molecule has 2 aliphatic rings. The normalized spacial score (nSPS) is 35.7. The fraction of sp³-hybridized carbons (Fsp3) is 1.00. The molecule has 0 radical (unpaired) electrons. The first kappa shape index (κ1) is 11.3. The van der Waals surface area contributed by atoms with E-state index in [1.165, 1.54) is 4.31 Å². The molecule has 0 aromatic heterocycles. The summed E-state index contributed by atoms with van der Waals surface area (Å²) in [5.41, 5.74) is 0. The van der Waals surface area contributed by atoms with E-state index < -0.39 is 21.9 Å². The Bertz CT molecular complexity index is 355. The van der Waals surface area contributed by atoms with Crippen LogP contribution in [0, 0.1) is 11.8 Å². The number of sulfonamides is 1. The maximum absolute atomic E-state index is 13.3. The van der Waals surface area contributed by atoms with Crippen LogP contribution in [0.25, 0.3) is 0 Å². The Morgan fingerprint density at radius 2 is 2.07 bits per heavy atom. The minimum absolute atomic E-state index is 0.00197. The van der Waals surface area contributed by atoms with E-state index in [1.807, 2.05) is 0 Å². The molecule has 0 amide bonds. The van der Waals surface area contributed by atoms with E-state index >= 15 is 0 Å². The molecule has 0 bridgehead atoms. The van der Waals surface area contributed by atoms with Gasteiger partial charge in [-0.2, -0.15) is 0 Å². The summed E-state index contributed by atoms with van der Waals surface area (Å²) in [6, 6.07) is 0. The third kappa shape index (κ3) is 1.78. The van der Waals surface area contributed by atoms with Gasteiger partial charge >= 0.3 is 0 Å². The standard InChI is InChI=1S/C9H15F2NO2S/c1-2-15(13,14)12-5-7-3-4-9(10,11)8(7)6-12/h7-8H,2-6H2,1H3/t7-,8+/m0/s1. The first-order valence-electron chi connectivity index (χ1n) is 5.22. The van der Waals surface area contributed by atoms with Crippen LogP contribution in [0.3, 0.4) is 0 Å². The molecule has 0 unspecified atom stereocenters. The van der Waals surface area contributed by atoms with Crippen LogP contribution in [0.1, 0.15) is 19.8 Å². The Morgan fingerprint density at radius 3 is 2.60 bits per heavy atom. The largest absolute Gasteiger partial charge is 0.252 e. The van der Waals surface area contributed by atoms with E-state index in [0.717, 1.165) is 0 Å². The first-order valence-corrected chi connectivity index (χ1v) is 6.83. The smallest absolute Gasteiger partial charge is 0.212 e. The zero-order valence-corrected chi connectivity index (χ0v) is 9.43. The maximum atomic E-state index is 13.3. The molecule has 2 atom stereocenters. The molecule has 1 aliphatic heterocycles. The zero-order chi connectivity index (χ0) is 11.3. The van der Waals surface area contributed by atoms with Gasteiger partial charge in [0.25, 0.3) is 5.92 Å². The molecule has 3 nitrogen and oxygen atoms in total. The van der Waals surface area contributed by atoms with Gasteiger partial charge in [0, 0.05) is 25.4 Å². The number of fused-ring (bicyclic) bond motifs is 1. The second-order valence-corrected chi connectivity index (χ2v) is 6.64. The second kappa shape index (κ2) is 3.38. The van der Waals surface area contributed by atoms with Crippen molar-refractivity contribution >= 4 is 10.0 Å². The van der Waals surface area contributed by atoms with Crippen molar-refractivity contribution < 1.29 is 17.2 Å². The molecule has 2 fully saturated rings. The summed E-state index contributed by atoms with van der Waals surface area (Å²) in [5, 5.41) is 0. The van der Waals surface area contributed by atoms with Gasteiger partial charge in [-0.05, 0) is 19.3 Å². The topological polar surface area (TPSA) is 37.4 Å².